The van der Waals surface area contributed by atoms with Gasteiger partial charge in [0.05, 0.1) is 0 Å². The number of benzene rings is 1. The number of carbonyl (C=O) groups excluding carboxylic acids is 1. The van der Waals surface area contributed by atoms with Gasteiger partial charge in [-0.05, 0) is 37.0 Å². The number of ether oxygens (including phenoxy) is 1. The number of rotatable bonds is 3. The van der Waals surface area contributed by atoms with Crippen LogP contribution in [0.4, 0.5) is 5.69 Å². The van der Waals surface area contributed by atoms with Crippen molar-refractivity contribution >= 4 is 11.6 Å². The molecule has 1 saturated heterocycles. The summed E-state index contributed by atoms with van der Waals surface area (Å²) in [5, 5.41) is 2.88. The van der Waals surface area contributed by atoms with E-state index < -0.39 is 5.54 Å². The fourth-order valence-electron chi connectivity index (χ4n) is 2.04. The number of amides is 1. The highest BCUT2D eigenvalue weighted by Gasteiger charge is 2.35. The van der Waals surface area contributed by atoms with Crippen LogP contribution in [-0.4, -0.2) is 24.7 Å². The molecule has 18 heavy (non-hydrogen) atoms. The smallest absolute Gasteiger partial charge is 0.244 e. The second-order valence-corrected chi connectivity index (χ2v) is 4.77. The second kappa shape index (κ2) is 5.50. The Morgan fingerprint density at radius 2 is 1.94 bits per heavy atom. The van der Waals surface area contributed by atoms with Crippen LogP contribution in [-0.2, 0) is 16.0 Å². The Labute approximate surface area is 108 Å². The Balaban J connectivity index is 2.01. The van der Waals surface area contributed by atoms with Gasteiger partial charge in [-0.25, -0.2) is 0 Å². The first-order valence-corrected chi connectivity index (χ1v) is 6.41. The van der Waals surface area contributed by atoms with Crippen molar-refractivity contribution in [1.82, 2.24) is 0 Å². The van der Waals surface area contributed by atoms with Crippen molar-refractivity contribution in [1.29, 1.82) is 0 Å². The molecule has 1 aromatic carbocycles. The summed E-state index contributed by atoms with van der Waals surface area (Å²) in [6.07, 6.45) is 2.14. The number of hydrogen-bond donors (Lipinski definition) is 2. The average Bonchev–Trinajstić information content (AvgIpc) is 2.40. The first-order valence-electron chi connectivity index (χ1n) is 6.41. The Kier molecular flexibility index (Phi) is 3.99. The van der Waals surface area contributed by atoms with Crippen molar-refractivity contribution in [2.45, 2.75) is 31.7 Å². The summed E-state index contributed by atoms with van der Waals surface area (Å²) in [4.78, 5) is 12.2. The van der Waals surface area contributed by atoms with E-state index in [1.807, 2.05) is 24.3 Å². The van der Waals surface area contributed by atoms with Gasteiger partial charge >= 0.3 is 0 Å². The topological polar surface area (TPSA) is 64.4 Å². The quantitative estimate of drug-likeness (QED) is 0.855. The van der Waals surface area contributed by atoms with Gasteiger partial charge in [-0.3, -0.25) is 4.79 Å². The molecule has 98 valence electrons. The van der Waals surface area contributed by atoms with Crippen molar-refractivity contribution in [3.8, 4) is 0 Å². The molecular formula is C14H20N2O2. The largest absolute Gasteiger partial charge is 0.381 e. The van der Waals surface area contributed by atoms with Crippen LogP contribution in [0.15, 0.2) is 24.3 Å². The Morgan fingerprint density at radius 1 is 1.33 bits per heavy atom. The predicted molar refractivity (Wildman–Crippen MR) is 71.4 cm³/mol. The maximum atomic E-state index is 12.2. The van der Waals surface area contributed by atoms with Crippen molar-refractivity contribution in [2.75, 3.05) is 18.5 Å². The Hall–Kier alpha value is -1.39. The lowest BCUT2D eigenvalue weighted by Gasteiger charge is -2.31. The first-order chi connectivity index (χ1) is 8.64. The Bertz CT molecular complexity index is 408. The summed E-state index contributed by atoms with van der Waals surface area (Å²) in [5.74, 6) is -0.116. The predicted octanol–water partition coefficient (Wildman–Crippen LogP) is 1.70. The summed E-state index contributed by atoms with van der Waals surface area (Å²) >= 11 is 0. The van der Waals surface area contributed by atoms with Gasteiger partial charge in [-0.1, -0.05) is 19.1 Å². The molecule has 0 radical (unpaired) electrons. The minimum absolute atomic E-state index is 0.116. The molecular weight excluding hydrogens is 228 g/mol. The highest BCUT2D eigenvalue weighted by Crippen LogP contribution is 2.20. The van der Waals surface area contributed by atoms with E-state index in [1.54, 1.807) is 0 Å². The molecule has 1 heterocycles. The summed E-state index contributed by atoms with van der Waals surface area (Å²) in [5.41, 5.74) is 7.38. The number of hydrogen-bond acceptors (Lipinski definition) is 3. The SMILES string of the molecule is CCc1ccc(NC(=O)C2(N)CCOCC2)cc1. The van der Waals surface area contributed by atoms with Crippen molar-refractivity contribution in [2.24, 2.45) is 5.73 Å². The highest BCUT2D eigenvalue weighted by atomic mass is 16.5. The molecule has 1 aromatic rings. The van der Waals surface area contributed by atoms with E-state index in [-0.39, 0.29) is 5.91 Å². The average molecular weight is 248 g/mol. The Morgan fingerprint density at radius 3 is 2.50 bits per heavy atom. The van der Waals surface area contributed by atoms with Crippen molar-refractivity contribution < 1.29 is 9.53 Å². The van der Waals surface area contributed by atoms with E-state index in [1.165, 1.54) is 5.56 Å². The molecule has 1 aliphatic rings. The maximum Gasteiger partial charge on any atom is 0.244 e. The van der Waals surface area contributed by atoms with Crippen LogP contribution in [0.5, 0.6) is 0 Å². The van der Waals surface area contributed by atoms with Crippen LogP contribution in [0.2, 0.25) is 0 Å². The van der Waals surface area contributed by atoms with Gasteiger partial charge in [0.25, 0.3) is 0 Å². The third kappa shape index (κ3) is 2.89. The van der Waals surface area contributed by atoms with Crippen LogP contribution >= 0.6 is 0 Å². The third-order valence-electron chi connectivity index (χ3n) is 3.46. The normalized spacial score (nSPS) is 18.3. The van der Waals surface area contributed by atoms with Gasteiger partial charge < -0.3 is 15.8 Å². The summed E-state index contributed by atoms with van der Waals surface area (Å²) in [6, 6.07) is 7.87. The molecule has 3 N–H and O–H groups in total. The molecule has 1 amide bonds. The standard InChI is InChI=1S/C14H20N2O2/c1-2-11-3-5-12(6-4-11)16-13(17)14(15)7-9-18-10-8-14/h3-6H,2,7-10,15H2,1H3,(H,16,17). The monoisotopic (exact) mass is 248 g/mol. The molecule has 4 nitrogen and oxygen atoms in total. The molecule has 2 rings (SSSR count). The van der Waals surface area contributed by atoms with Gasteiger partial charge in [-0.15, -0.1) is 0 Å². The molecule has 0 aromatic heterocycles. The fraction of sp³-hybridized carbons (Fsp3) is 0.500. The minimum atomic E-state index is -0.790. The van der Waals surface area contributed by atoms with E-state index in [2.05, 4.69) is 12.2 Å². The molecule has 0 spiro atoms. The molecule has 0 aliphatic carbocycles. The van der Waals surface area contributed by atoms with Gasteiger partial charge in [0, 0.05) is 18.9 Å². The zero-order valence-electron chi connectivity index (χ0n) is 10.7. The lowest BCUT2D eigenvalue weighted by atomic mass is 9.90. The van der Waals surface area contributed by atoms with Crippen LogP contribution in [0.1, 0.15) is 25.3 Å². The molecule has 1 fully saturated rings. The molecule has 0 unspecified atom stereocenters. The summed E-state index contributed by atoms with van der Waals surface area (Å²) in [6.45, 7) is 3.21. The lowest BCUT2D eigenvalue weighted by Crippen LogP contribution is -2.54. The number of aryl methyl sites for hydroxylation is 1. The number of anilines is 1. The van der Waals surface area contributed by atoms with Crippen molar-refractivity contribution in [3.63, 3.8) is 0 Å². The number of carbonyl (C=O) groups is 1. The molecule has 4 heteroatoms. The maximum absolute atomic E-state index is 12.2. The second-order valence-electron chi connectivity index (χ2n) is 4.77. The zero-order chi connectivity index (χ0) is 13.0. The fourth-order valence-corrected chi connectivity index (χ4v) is 2.04. The van der Waals surface area contributed by atoms with E-state index in [9.17, 15) is 4.79 Å². The van der Waals surface area contributed by atoms with Gasteiger partial charge in [0.1, 0.15) is 5.54 Å². The number of nitrogens with two attached hydrogens (primary N) is 1. The van der Waals surface area contributed by atoms with Gasteiger partial charge in [0.2, 0.25) is 5.91 Å². The van der Waals surface area contributed by atoms with Crippen LogP contribution in [0, 0.1) is 0 Å². The summed E-state index contributed by atoms with van der Waals surface area (Å²) in [7, 11) is 0. The van der Waals surface area contributed by atoms with E-state index in [4.69, 9.17) is 10.5 Å². The van der Waals surface area contributed by atoms with E-state index >= 15 is 0 Å². The van der Waals surface area contributed by atoms with Crippen LogP contribution < -0.4 is 11.1 Å². The molecule has 0 atom stereocenters. The number of nitrogens with one attached hydrogen (secondary N) is 1. The van der Waals surface area contributed by atoms with Crippen molar-refractivity contribution in [3.05, 3.63) is 29.8 Å². The summed E-state index contributed by atoms with van der Waals surface area (Å²) < 4.78 is 5.24. The first kappa shape index (κ1) is 13.1. The zero-order valence-corrected chi connectivity index (χ0v) is 10.7. The molecule has 1 aliphatic heterocycles. The van der Waals surface area contributed by atoms with E-state index in [0.717, 1.165) is 12.1 Å². The highest BCUT2D eigenvalue weighted by molar-refractivity contribution is 5.98. The third-order valence-corrected chi connectivity index (χ3v) is 3.46. The van der Waals surface area contributed by atoms with Gasteiger partial charge in [-0.2, -0.15) is 0 Å². The van der Waals surface area contributed by atoms with E-state index in [0.29, 0.717) is 26.1 Å². The minimum Gasteiger partial charge on any atom is -0.381 e. The van der Waals surface area contributed by atoms with Crippen LogP contribution in [0.3, 0.4) is 0 Å². The molecule has 0 bridgehead atoms. The molecule has 0 saturated carbocycles. The van der Waals surface area contributed by atoms with Crippen LogP contribution in [0.25, 0.3) is 0 Å². The lowest BCUT2D eigenvalue weighted by molar-refractivity contribution is -0.124. The van der Waals surface area contributed by atoms with Gasteiger partial charge in [0.15, 0.2) is 0 Å².